The second-order valence-electron chi connectivity index (χ2n) is 2.28. The largest absolute Gasteiger partial charge is 0.342 e. The number of hydrogen-bond donors (Lipinski definition) is 1. The minimum atomic E-state index is -3.63. The van der Waals surface area contributed by atoms with Gasteiger partial charge < -0.3 is 9.42 Å². The lowest BCUT2D eigenvalue weighted by atomic mass is 10.3. The molecule has 0 aromatic heterocycles. The molecule has 64 valence electrons. The van der Waals surface area contributed by atoms with Crippen molar-refractivity contribution in [3.63, 3.8) is 0 Å². The fraction of sp³-hybridized carbons (Fsp3) is 0.833. The quantitative estimate of drug-likeness (QED) is 0.660. The molecule has 0 radical (unpaired) electrons. The van der Waals surface area contributed by atoms with Crippen LogP contribution < -0.4 is 0 Å². The number of hydrogen-bond acceptors (Lipinski definition) is 3. The Kier molecular flexibility index (Phi) is 4.36. The first-order valence-corrected chi connectivity index (χ1v) is 5.15. The van der Waals surface area contributed by atoms with Gasteiger partial charge in [0.15, 0.2) is 0 Å². The topological polar surface area (TPSA) is 70.3 Å². The molecule has 0 heterocycles. The van der Waals surface area contributed by atoms with Gasteiger partial charge in [0.25, 0.3) is 0 Å². The van der Waals surface area contributed by atoms with Gasteiger partial charge in [-0.3, -0.25) is 4.57 Å². The third-order valence-corrected chi connectivity index (χ3v) is 2.42. The van der Waals surface area contributed by atoms with Crippen molar-refractivity contribution in [3.8, 4) is 6.07 Å². The van der Waals surface area contributed by atoms with Gasteiger partial charge in [-0.25, -0.2) is 0 Å². The Labute approximate surface area is 66.3 Å². The molecule has 2 atom stereocenters. The Balaban J connectivity index is 3.93. The minimum Gasteiger partial charge on any atom is -0.324 e. The molecule has 0 rings (SSSR count). The summed E-state index contributed by atoms with van der Waals surface area (Å²) in [6.45, 7) is 3.54. The van der Waals surface area contributed by atoms with Gasteiger partial charge in [0.05, 0.1) is 12.2 Å². The summed E-state index contributed by atoms with van der Waals surface area (Å²) in [5, 5.41) is 8.13. The van der Waals surface area contributed by atoms with Crippen molar-refractivity contribution in [1.82, 2.24) is 0 Å². The van der Waals surface area contributed by atoms with Gasteiger partial charge >= 0.3 is 7.60 Å². The second-order valence-corrected chi connectivity index (χ2v) is 4.08. The Morgan fingerprint density at radius 2 is 2.36 bits per heavy atom. The van der Waals surface area contributed by atoms with Crippen molar-refractivity contribution in [2.24, 2.45) is 0 Å². The van der Waals surface area contributed by atoms with Crippen LogP contribution in [-0.2, 0) is 9.09 Å². The Bertz CT molecular complexity index is 198. The van der Waals surface area contributed by atoms with E-state index in [9.17, 15) is 4.57 Å². The molecule has 2 unspecified atom stereocenters. The molecule has 1 N–H and O–H groups in total. The van der Waals surface area contributed by atoms with E-state index in [2.05, 4.69) is 0 Å². The lowest BCUT2D eigenvalue weighted by molar-refractivity contribution is 0.187. The molecule has 0 bridgehead atoms. The molecule has 5 heteroatoms. The third kappa shape index (κ3) is 4.97. The van der Waals surface area contributed by atoms with E-state index in [4.69, 9.17) is 14.7 Å². The lowest BCUT2D eigenvalue weighted by Gasteiger charge is -2.13. The van der Waals surface area contributed by atoms with Gasteiger partial charge in [-0.15, -0.1) is 0 Å². The standard InChI is InChI=1S/C6H12NO3P/c1-3-6(2)10-11(8,9)5-4-7/h6H,3,5H2,1-2H3,(H,8,9). The number of nitriles is 1. The van der Waals surface area contributed by atoms with Crippen LogP contribution in [0, 0.1) is 11.3 Å². The van der Waals surface area contributed by atoms with E-state index >= 15 is 0 Å². The molecule has 0 aliphatic heterocycles. The van der Waals surface area contributed by atoms with Crippen LogP contribution in [0.2, 0.25) is 0 Å². The van der Waals surface area contributed by atoms with Crippen LogP contribution in [0.1, 0.15) is 20.3 Å². The summed E-state index contributed by atoms with van der Waals surface area (Å²) >= 11 is 0. The molecular weight excluding hydrogens is 165 g/mol. The van der Waals surface area contributed by atoms with Crippen LogP contribution in [0.25, 0.3) is 0 Å². The summed E-state index contributed by atoms with van der Waals surface area (Å²) < 4.78 is 15.6. The zero-order chi connectivity index (χ0) is 8.91. The maximum absolute atomic E-state index is 10.9. The van der Waals surface area contributed by atoms with Crippen molar-refractivity contribution in [2.45, 2.75) is 26.4 Å². The van der Waals surface area contributed by atoms with Gasteiger partial charge in [-0.05, 0) is 13.3 Å². The van der Waals surface area contributed by atoms with Crippen LogP contribution in [0.15, 0.2) is 0 Å². The fourth-order valence-corrected chi connectivity index (χ4v) is 1.45. The van der Waals surface area contributed by atoms with E-state index in [1.165, 1.54) is 0 Å². The second kappa shape index (κ2) is 4.50. The van der Waals surface area contributed by atoms with E-state index in [0.29, 0.717) is 6.42 Å². The van der Waals surface area contributed by atoms with Crippen LogP contribution in [-0.4, -0.2) is 17.2 Å². The van der Waals surface area contributed by atoms with Crippen molar-refractivity contribution < 1.29 is 14.0 Å². The molecule has 11 heavy (non-hydrogen) atoms. The predicted molar refractivity (Wildman–Crippen MR) is 41.1 cm³/mol. The third-order valence-electron chi connectivity index (χ3n) is 1.19. The number of rotatable bonds is 4. The lowest BCUT2D eigenvalue weighted by Crippen LogP contribution is -2.05. The first kappa shape index (κ1) is 10.6. The van der Waals surface area contributed by atoms with Crippen LogP contribution >= 0.6 is 7.60 Å². The maximum Gasteiger partial charge on any atom is 0.342 e. The molecule has 0 saturated heterocycles. The normalized spacial score (nSPS) is 18.4. The highest BCUT2D eigenvalue weighted by atomic mass is 31.2. The molecule has 4 nitrogen and oxygen atoms in total. The molecule has 0 fully saturated rings. The summed E-state index contributed by atoms with van der Waals surface area (Å²) in [6, 6.07) is 1.60. The molecule has 0 aromatic rings. The zero-order valence-corrected chi connectivity index (χ0v) is 7.54. The van der Waals surface area contributed by atoms with Gasteiger partial charge in [-0.2, -0.15) is 5.26 Å². The Morgan fingerprint density at radius 3 is 2.73 bits per heavy atom. The molecule has 0 amide bonds. The summed E-state index contributed by atoms with van der Waals surface area (Å²) in [4.78, 5) is 8.93. The Morgan fingerprint density at radius 1 is 1.82 bits per heavy atom. The Hall–Kier alpha value is -0.360. The first-order chi connectivity index (χ1) is 5.02. The van der Waals surface area contributed by atoms with E-state index < -0.39 is 13.8 Å². The minimum absolute atomic E-state index is 0.265. The van der Waals surface area contributed by atoms with Gasteiger partial charge in [0.2, 0.25) is 0 Å². The fourth-order valence-electron chi connectivity index (χ4n) is 0.482. The van der Waals surface area contributed by atoms with Gasteiger partial charge in [-0.1, -0.05) is 6.92 Å². The van der Waals surface area contributed by atoms with E-state index in [-0.39, 0.29) is 6.10 Å². The maximum atomic E-state index is 10.9. The average Bonchev–Trinajstić information content (AvgIpc) is 1.86. The average molecular weight is 177 g/mol. The molecule has 0 saturated carbocycles. The van der Waals surface area contributed by atoms with Crippen molar-refractivity contribution in [1.29, 1.82) is 5.26 Å². The van der Waals surface area contributed by atoms with Crippen LogP contribution in [0.3, 0.4) is 0 Å². The summed E-state index contributed by atoms with van der Waals surface area (Å²) in [7, 11) is -3.63. The van der Waals surface area contributed by atoms with E-state index in [1.807, 2.05) is 6.92 Å². The molecular formula is C6H12NO3P. The van der Waals surface area contributed by atoms with E-state index in [1.54, 1.807) is 13.0 Å². The van der Waals surface area contributed by atoms with Gasteiger partial charge in [0.1, 0.15) is 6.16 Å². The van der Waals surface area contributed by atoms with Crippen molar-refractivity contribution in [3.05, 3.63) is 0 Å². The first-order valence-electron chi connectivity index (χ1n) is 3.39. The molecule has 0 spiro atoms. The summed E-state index contributed by atoms with van der Waals surface area (Å²) in [5.41, 5.74) is 0. The highest BCUT2D eigenvalue weighted by Gasteiger charge is 2.20. The van der Waals surface area contributed by atoms with Crippen LogP contribution in [0.5, 0.6) is 0 Å². The smallest absolute Gasteiger partial charge is 0.324 e. The molecule has 0 aliphatic rings. The molecule has 0 aliphatic carbocycles. The van der Waals surface area contributed by atoms with Crippen LogP contribution in [0.4, 0.5) is 0 Å². The molecule has 0 aromatic carbocycles. The van der Waals surface area contributed by atoms with Crippen molar-refractivity contribution >= 4 is 7.60 Å². The number of nitrogens with zero attached hydrogens (tertiary/aromatic N) is 1. The highest BCUT2D eigenvalue weighted by Crippen LogP contribution is 2.42. The van der Waals surface area contributed by atoms with Crippen molar-refractivity contribution in [2.75, 3.05) is 6.16 Å². The summed E-state index contributed by atoms with van der Waals surface area (Å²) in [6.07, 6.45) is -0.0352. The SMILES string of the molecule is CCC(C)OP(=O)(O)CC#N. The van der Waals surface area contributed by atoms with Gasteiger partial charge in [0, 0.05) is 0 Å². The predicted octanol–water partition coefficient (Wildman–Crippen LogP) is 1.51. The summed E-state index contributed by atoms with van der Waals surface area (Å²) in [5.74, 6) is 0. The highest BCUT2D eigenvalue weighted by molar-refractivity contribution is 7.53. The zero-order valence-electron chi connectivity index (χ0n) is 6.65. The van der Waals surface area contributed by atoms with E-state index in [0.717, 1.165) is 0 Å². The monoisotopic (exact) mass is 177 g/mol.